The minimum Gasteiger partial charge on any atom is -0.425 e. The molecule has 5 rings (SSSR count). The van der Waals surface area contributed by atoms with E-state index < -0.39 is 12.0 Å². The van der Waals surface area contributed by atoms with Gasteiger partial charge in [0.25, 0.3) is 0 Å². The van der Waals surface area contributed by atoms with Gasteiger partial charge in [-0.05, 0) is 54.7 Å². The number of nitrogens with one attached hydrogen (secondary N) is 3. The Morgan fingerprint density at radius 1 is 1.07 bits per heavy atom. The number of rotatable bonds is 11. The van der Waals surface area contributed by atoms with Crippen LogP contribution in [0.15, 0.2) is 54.7 Å². The van der Waals surface area contributed by atoms with Gasteiger partial charge >= 0.3 is 5.97 Å². The summed E-state index contributed by atoms with van der Waals surface area (Å²) in [4.78, 5) is 41.6. The number of carbonyl (C=O) groups is 3. The lowest BCUT2D eigenvalue weighted by molar-refractivity contribution is -0.135. The van der Waals surface area contributed by atoms with Crippen molar-refractivity contribution >= 4 is 40.3 Å². The number of esters is 1. The number of hydrogen-bond donors (Lipinski definition) is 4. The van der Waals surface area contributed by atoms with E-state index in [4.69, 9.17) is 10.5 Å². The van der Waals surface area contributed by atoms with Crippen molar-refractivity contribution in [2.24, 2.45) is 17.6 Å². The van der Waals surface area contributed by atoms with Crippen LogP contribution in [-0.4, -0.2) is 46.0 Å². The number of aromatic nitrogens is 1. The summed E-state index contributed by atoms with van der Waals surface area (Å²) >= 11 is 1.41. The van der Waals surface area contributed by atoms with Crippen molar-refractivity contribution in [1.82, 2.24) is 15.6 Å². The molecule has 4 atom stereocenters. The van der Waals surface area contributed by atoms with Crippen LogP contribution in [0, 0.1) is 11.8 Å². The molecule has 2 heterocycles. The number of H-pyrrole nitrogens is 1. The summed E-state index contributed by atoms with van der Waals surface area (Å²) < 4.78 is 5.49. The van der Waals surface area contributed by atoms with Crippen LogP contribution in [0.4, 0.5) is 0 Å². The number of aromatic amines is 1. The van der Waals surface area contributed by atoms with E-state index in [1.54, 1.807) is 24.3 Å². The first kappa shape index (κ1) is 29.4. The minimum atomic E-state index is -0.820. The summed E-state index contributed by atoms with van der Waals surface area (Å²) in [6, 6.07) is 13.7. The highest BCUT2D eigenvalue weighted by Crippen LogP contribution is 2.31. The number of ether oxygens (including phenoxy) is 1. The molecule has 5 N–H and O–H groups in total. The third-order valence-corrected chi connectivity index (χ3v) is 9.42. The van der Waals surface area contributed by atoms with E-state index in [2.05, 4.69) is 22.5 Å². The van der Waals surface area contributed by atoms with Gasteiger partial charge < -0.3 is 20.8 Å². The number of Topliss-reactive ketones (excluding diaryl/α,β-unsaturated/α-hetero) is 1. The van der Waals surface area contributed by atoms with Crippen molar-refractivity contribution in [3.63, 3.8) is 0 Å². The number of para-hydroxylation sites is 1. The predicted octanol–water partition coefficient (Wildman–Crippen LogP) is 4.93. The Bertz CT molecular complexity index is 1350. The second-order valence-corrected chi connectivity index (χ2v) is 12.4. The van der Waals surface area contributed by atoms with Gasteiger partial charge in [0.15, 0.2) is 5.78 Å². The van der Waals surface area contributed by atoms with Crippen LogP contribution in [0.1, 0.15) is 67.8 Å². The molecule has 2 aromatic carbocycles. The fourth-order valence-corrected chi connectivity index (χ4v) is 7.06. The lowest BCUT2D eigenvalue weighted by Gasteiger charge is -2.39. The smallest absolute Gasteiger partial charge is 0.328 e. The molecule has 1 aliphatic heterocycles. The molecular weight excluding hydrogens is 536 g/mol. The van der Waals surface area contributed by atoms with Gasteiger partial charge in [-0.1, -0.05) is 57.2 Å². The summed E-state index contributed by atoms with van der Waals surface area (Å²) in [5, 5.41) is 7.69. The zero-order chi connectivity index (χ0) is 28.8. The van der Waals surface area contributed by atoms with E-state index in [0.717, 1.165) is 29.3 Å². The van der Waals surface area contributed by atoms with Crippen molar-refractivity contribution in [3.05, 3.63) is 65.9 Å². The summed E-state index contributed by atoms with van der Waals surface area (Å²) in [5.41, 5.74) is 8.32. The zero-order valence-electron chi connectivity index (χ0n) is 23.6. The van der Waals surface area contributed by atoms with E-state index in [1.807, 2.05) is 30.5 Å². The fraction of sp³-hybridized carbons (Fsp3) is 0.469. The molecule has 1 saturated carbocycles. The highest BCUT2D eigenvalue weighted by atomic mass is 32.2. The molecule has 0 spiro atoms. The fourth-order valence-electron chi connectivity index (χ4n) is 6.11. The summed E-state index contributed by atoms with van der Waals surface area (Å²) in [6.07, 6.45) is 10.4. The minimum absolute atomic E-state index is 0.0322. The molecule has 9 heteroatoms. The van der Waals surface area contributed by atoms with Crippen LogP contribution in [0.2, 0.25) is 0 Å². The van der Waals surface area contributed by atoms with Gasteiger partial charge in [0.2, 0.25) is 5.91 Å². The second-order valence-electron chi connectivity index (χ2n) is 11.3. The van der Waals surface area contributed by atoms with Gasteiger partial charge in [0.1, 0.15) is 17.3 Å². The SMILES string of the molecule is CCC1C(=O)NC(SCC(=O)c2ccc(OC(=O)C(N)Cc3c[nH]c4ccccc34)cc2)NC1CC1CCCCC1. The third kappa shape index (κ3) is 7.39. The van der Waals surface area contributed by atoms with Gasteiger partial charge in [0, 0.05) is 35.1 Å². The van der Waals surface area contributed by atoms with Crippen molar-refractivity contribution in [3.8, 4) is 5.75 Å². The first-order chi connectivity index (χ1) is 19.9. The Balaban J connectivity index is 1.11. The number of benzene rings is 2. The quantitative estimate of drug-likeness (QED) is 0.145. The summed E-state index contributed by atoms with van der Waals surface area (Å²) in [7, 11) is 0. The average molecular weight is 577 g/mol. The maximum Gasteiger partial charge on any atom is 0.328 e. The number of nitrogens with two attached hydrogens (primary N) is 1. The Labute approximate surface area is 245 Å². The molecule has 1 amide bonds. The molecule has 41 heavy (non-hydrogen) atoms. The number of amides is 1. The number of carbonyl (C=O) groups excluding carboxylic acids is 3. The first-order valence-corrected chi connectivity index (χ1v) is 15.8. The molecule has 218 valence electrons. The lowest BCUT2D eigenvalue weighted by atomic mass is 9.80. The van der Waals surface area contributed by atoms with Gasteiger partial charge in [-0.25, -0.2) is 4.79 Å². The van der Waals surface area contributed by atoms with E-state index in [-0.39, 0.29) is 34.9 Å². The topological polar surface area (TPSA) is 126 Å². The van der Waals surface area contributed by atoms with Crippen LogP contribution in [0.5, 0.6) is 5.75 Å². The van der Waals surface area contributed by atoms with Crippen molar-refractivity contribution in [1.29, 1.82) is 0 Å². The molecule has 8 nitrogen and oxygen atoms in total. The number of ketones is 1. The molecule has 0 radical (unpaired) electrons. The van der Waals surface area contributed by atoms with Crippen LogP contribution in [-0.2, 0) is 16.0 Å². The standard InChI is InChI=1S/C32H40N4O4S/c1-2-24-28(16-20-8-4-3-5-9-20)35-32(36-30(24)38)41-19-29(37)21-12-14-23(15-13-21)40-31(39)26(33)17-22-18-34-27-11-7-6-10-25(22)27/h6-7,10-15,18,20,24,26,28,32,34-35H,2-5,8-9,16-17,19,33H2,1H3,(H,36,38). The van der Waals surface area contributed by atoms with E-state index in [1.165, 1.54) is 43.9 Å². The van der Waals surface area contributed by atoms with Gasteiger partial charge in [-0.15, -0.1) is 11.8 Å². The summed E-state index contributed by atoms with van der Waals surface area (Å²) in [6.45, 7) is 2.06. The molecule has 3 aromatic rings. The molecule has 4 unspecified atom stereocenters. The molecule has 2 aliphatic rings. The highest BCUT2D eigenvalue weighted by Gasteiger charge is 2.36. The zero-order valence-corrected chi connectivity index (χ0v) is 24.4. The third-order valence-electron chi connectivity index (χ3n) is 8.41. The molecule has 2 fully saturated rings. The molecule has 0 bridgehead atoms. The van der Waals surface area contributed by atoms with Crippen LogP contribution < -0.4 is 21.1 Å². The normalized spacial score (nSPS) is 22.3. The maximum atomic E-state index is 12.9. The second kappa shape index (κ2) is 13.7. The van der Waals surface area contributed by atoms with Crippen LogP contribution in [0.3, 0.4) is 0 Å². The maximum absolute atomic E-state index is 12.9. The first-order valence-electron chi connectivity index (χ1n) is 14.7. The molecule has 1 aliphatic carbocycles. The Hall–Kier alpha value is -3.14. The van der Waals surface area contributed by atoms with Crippen molar-refractivity contribution in [2.75, 3.05) is 5.75 Å². The number of hydrogen-bond acceptors (Lipinski definition) is 7. The predicted molar refractivity (Wildman–Crippen MR) is 163 cm³/mol. The van der Waals surface area contributed by atoms with Gasteiger partial charge in [-0.3, -0.25) is 14.9 Å². The van der Waals surface area contributed by atoms with Gasteiger partial charge in [-0.2, -0.15) is 0 Å². The number of fused-ring (bicyclic) bond motifs is 1. The Morgan fingerprint density at radius 2 is 1.83 bits per heavy atom. The average Bonchev–Trinajstić information content (AvgIpc) is 3.39. The molecule has 1 aromatic heterocycles. The van der Waals surface area contributed by atoms with E-state index in [0.29, 0.717) is 23.7 Å². The van der Waals surface area contributed by atoms with Gasteiger partial charge in [0.05, 0.1) is 11.7 Å². The number of thioether (sulfide) groups is 1. The van der Waals surface area contributed by atoms with Crippen molar-refractivity contribution in [2.45, 2.75) is 75.9 Å². The molecule has 1 saturated heterocycles. The van der Waals surface area contributed by atoms with Crippen LogP contribution >= 0.6 is 11.8 Å². The Morgan fingerprint density at radius 3 is 2.59 bits per heavy atom. The van der Waals surface area contributed by atoms with Crippen LogP contribution in [0.25, 0.3) is 10.9 Å². The van der Waals surface area contributed by atoms with Crippen molar-refractivity contribution < 1.29 is 19.1 Å². The summed E-state index contributed by atoms with van der Waals surface area (Å²) in [5.74, 6) is 0.689. The van der Waals surface area contributed by atoms with E-state index >= 15 is 0 Å². The largest absolute Gasteiger partial charge is 0.425 e. The lowest BCUT2D eigenvalue weighted by Crippen LogP contribution is -2.60. The monoisotopic (exact) mass is 576 g/mol. The van der Waals surface area contributed by atoms with E-state index in [9.17, 15) is 14.4 Å². The Kier molecular flexibility index (Phi) is 9.80. The highest BCUT2D eigenvalue weighted by molar-refractivity contribution is 8.00. The molecular formula is C32H40N4O4S.